The van der Waals surface area contributed by atoms with E-state index in [9.17, 15) is 14.4 Å². The van der Waals surface area contributed by atoms with Gasteiger partial charge < -0.3 is 19.4 Å². The van der Waals surface area contributed by atoms with Gasteiger partial charge in [0.1, 0.15) is 5.60 Å². The Hall–Kier alpha value is -3.36. The van der Waals surface area contributed by atoms with Gasteiger partial charge in [-0.25, -0.2) is 14.6 Å². The summed E-state index contributed by atoms with van der Waals surface area (Å²) in [5, 5.41) is 2.96. The van der Waals surface area contributed by atoms with Crippen molar-refractivity contribution in [3.8, 4) is 0 Å². The van der Waals surface area contributed by atoms with Crippen molar-refractivity contribution in [3.05, 3.63) is 46.8 Å². The van der Waals surface area contributed by atoms with Gasteiger partial charge in [0.2, 0.25) is 5.95 Å². The van der Waals surface area contributed by atoms with Crippen molar-refractivity contribution in [2.45, 2.75) is 58.1 Å². The van der Waals surface area contributed by atoms with E-state index in [0.717, 1.165) is 24.0 Å². The molecule has 0 unspecified atom stereocenters. The fourth-order valence-corrected chi connectivity index (χ4v) is 4.26. The lowest BCUT2D eigenvalue weighted by Gasteiger charge is -2.28. The number of anilines is 1. The topological polar surface area (TPSA) is 103 Å². The molecule has 1 saturated carbocycles. The molecule has 1 aliphatic heterocycles. The summed E-state index contributed by atoms with van der Waals surface area (Å²) in [6.07, 6.45) is 4.66. The molecule has 176 valence electrons. The highest BCUT2D eigenvalue weighted by Crippen LogP contribution is 2.52. The lowest BCUT2D eigenvalue weighted by Crippen LogP contribution is -2.40. The molecule has 0 radical (unpaired) electrons. The maximum Gasteiger partial charge on any atom is 0.416 e. The van der Waals surface area contributed by atoms with Crippen LogP contribution in [0, 0.1) is 0 Å². The largest absolute Gasteiger partial charge is 0.462 e. The SMILES string of the molecule is CCOC(=O)c1cc(Cn2ccnc2N(C)C(=O)OC(C)(C)C)cc2c1C1(CC1)CNC2=O. The number of imidazole rings is 1. The molecule has 4 rings (SSSR count). The van der Waals surface area contributed by atoms with Crippen LogP contribution in [0.1, 0.15) is 72.4 Å². The summed E-state index contributed by atoms with van der Waals surface area (Å²) >= 11 is 0. The van der Waals surface area contributed by atoms with Gasteiger partial charge in [-0.3, -0.25) is 9.69 Å². The minimum Gasteiger partial charge on any atom is -0.462 e. The third-order valence-corrected chi connectivity index (χ3v) is 5.92. The number of amides is 2. The van der Waals surface area contributed by atoms with E-state index in [0.29, 0.717) is 30.2 Å². The zero-order valence-corrected chi connectivity index (χ0v) is 19.7. The number of nitrogens with one attached hydrogen (secondary N) is 1. The predicted octanol–water partition coefficient (Wildman–Crippen LogP) is 3.25. The number of nitrogens with zero attached hydrogens (tertiary/aromatic N) is 3. The zero-order valence-electron chi connectivity index (χ0n) is 19.7. The molecular weight excluding hydrogens is 424 g/mol. The smallest absolute Gasteiger partial charge is 0.416 e. The van der Waals surface area contributed by atoms with E-state index in [4.69, 9.17) is 9.47 Å². The summed E-state index contributed by atoms with van der Waals surface area (Å²) < 4.78 is 12.5. The molecule has 0 bridgehead atoms. The Bertz CT molecular complexity index is 1110. The number of hydrogen-bond donors (Lipinski definition) is 1. The summed E-state index contributed by atoms with van der Waals surface area (Å²) in [7, 11) is 1.59. The highest BCUT2D eigenvalue weighted by molar-refractivity contribution is 6.03. The minimum absolute atomic E-state index is 0.180. The minimum atomic E-state index is -0.637. The van der Waals surface area contributed by atoms with Crippen LogP contribution < -0.4 is 10.2 Å². The number of benzene rings is 1. The second-order valence-electron chi connectivity index (χ2n) is 9.64. The maximum absolute atomic E-state index is 12.8. The second-order valence-corrected chi connectivity index (χ2v) is 9.64. The lowest BCUT2D eigenvalue weighted by atomic mass is 9.82. The number of ether oxygens (including phenoxy) is 2. The van der Waals surface area contributed by atoms with Crippen molar-refractivity contribution >= 4 is 23.9 Å². The number of carbonyl (C=O) groups excluding carboxylic acids is 3. The van der Waals surface area contributed by atoms with Crippen molar-refractivity contribution in [2.75, 3.05) is 25.1 Å². The molecular formula is C24H30N4O5. The highest BCUT2D eigenvalue weighted by atomic mass is 16.6. The first kappa shape index (κ1) is 22.8. The first-order valence-corrected chi connectivity index (χ1v) is 11.2. The van der Waals surface area contributed by atoms with E-state index in [-0.39, 0.29) is 17.9 Å². The number of rotatable bonds is 5. The van der Waals surface area contributed by atoms with Crippen LogP contribution in [0.5, 0.6) is 0 Å². The van der Waals surface area contributed by atoms with E-state index >= 15 is 0 Å². The fourth-order valence-electron chi connectivity index (χ4n) is 4.26. The first-order valence-electron chi connectivity index (χ1n) is 11.2. The van der Waals surface area contributed by atoms with E-state index in [1.807, 2.05) is 6.07 Å². The van der Waals surface area contributed by atoms with Crippen LogP contribution >= 0.6 is 0 Å². The molecule has 1 aromatic carbocycles. The Labute approximate surface area is 193 Å². The molecule has 2 aromatic rings. The molecule has 9 heteroatoms. The Balaban J connectivity index is 1.70. The van der Waals surface area contributed by atoms with Crippen molar-refractivity contribution < 1.29 is 23.9 Å². The van der Waals surface area contributed by atoms with Crippen LogP contribution in [0.25, 0.3) is 0 Å². The van der Waals surface area contributed by atoms with Crippen molar-refractivity contribution in [2.24, 2.45) is 0 Å². The summed E-state index contributed by atoms with van der Waals surface area (Å²) in [6, 6.07) is 3.62. The van der Waals surface area contributed by atoms with Crippen LogP contribution in [0.3, 0.4) is 0 Å². The van der Waals surface area contributed by atoms with Crippen LogP contribution in [-0.2, 0) is 21.4 Å². The van der Waals surface area contributed by atoms with Gasteiger partial charge in [0.15, 0.2) is 0 Å². The molecule has 1 fully saturated rings. The van der Waals surface area contributed by atoms with E-state index < -0.39 is 17.7 Å². The van der Waals surface area contributed by atoms with Gasteiger partial charge in [-0.1, -0.05) is 0 Å². The van der Waals surface area contributed by atoms with Crippen LogP contribution in [0.4, 0.5) is 10.7 Å². The van der Waals surface area contributed by atoms with Crippen LogP contribution in [0.15, 0.2) is 24.5 Å². The standard InChI is InChI=1S/C24H30N4O5/c1-6-32-20(30)17-12-15(11-16-18(17)24(7-8-24)14-26-19(16)29)13-28-10-9-25-21(28)27(5)22(31)33-23(2,3)4/h9-12H,6-8,13-14H2,1-5H3,(H,26,29). The van der Waals surface area contributed by atoms with Gasteiger partial charge in [0.05, 0.1) is 18.7 Å². The monoisotopic (exact) mass is 454 g/mol. The first-order chi connectivity index (χ1) is 15.5. The summed E-state index contributed by atoms with van der Waals surface area (Å²) in [5.74, 6) is -0.220. The summed E-state index contributed by atoms with van der Waals surface area (Å²) in [6.45, 7) is 8.26. The predicted molar refractivity (Wildman–Crippen MR) is 122 cm³/mol. The fraction of sp³-hybridized carbons (Fsp3) is 0.500. The Kier molecular flexibility index (Phi) is 5.67. The molecule has 1 N–H and O–H groups in total. The average molecular weight is 455 g/mol. The molecule has 2 aliphatic rings. The van der Waals surface area contributed by atoms with E-state index in [1.54, 1.807) is 57.8 Å². The molecule has 0 saturated heterocycles. The van der Waals surface area contributed by atoms with Gasteiger partial charge in [-0.2, -0.15) is 0 Å². The second kappa shape index (κ2) is 8.20. The van der Waals surface area contributed by atoms with Crippen molar-refractivity contribution in [1.29, 1.82) is 0 Å². The van der Waals surface area contributed by atoms with Gasteiger partial charge in [0.25, 0.3) is 5.91 Å². The Morgan fingerprint density at radius 2 is 2.00 bits per heavy atom. The Morgan fingerprint density at radius 3 is 2.64 bits per heavy atom. The molecule has 2 heterocycles. The highest BCUT2D eigenvalue weighted by Gasteiger charge is 2.51. The molecule has 2 amide bonds. The Morgan fingerprint density at radius 1 is 1.27 bits per heavy atom. The molecule has 33 heavy (non-hydrogen) atoms. The molecule has 9 nitrogen and oxygen atoms in total. The lowest BCUT2D eigenvalue weighted by molar-refractivity contribution is 0.0522. The van der Waals surface area contributed by atoms with Gasteiger partial charge in [0, 0.05) is 37.0 Å². The molecule has 1 aliphatic carbocycles. The van der Waals surface area contributed by atoms with Crippen molar-refractivity contribution in [3.63, 3.8) is 0 Å². The van der Waals surface area contributed by atoms with Gasteiger partial charge in [-0.05, 0) is 63.8 Å². The number of esters is 1. The third kappa shape index (κ3) is 4.44. The van der Waals surface area contributed by atoms with E-state index in [2.05, 4.69) is 10.3 Å². The van der Waals surface area contributed by atoms with Crippen LogP contribution in [0.2, 0.25) is 0 Å². The van der Waals surface area contributed by atoms with Gasteiger partial charge >= 0.3 is 12.1 Å². The quantitative estimate of drug-likeness (QED) is 0.696. The maximum atomic E-state index is 12.8. The van der Waals surface area contributed by atoms with E-state index in [1.165, 1.54) is 4.90 Å². The molecule has 1 spiro atoms. The molecule has 1 aromatic heterocycles. The number of carbonyl (C=O) groups is 3. The number of hydrogen-bond acceptors (Lipinski definition) is 6. The van der Waals surface area contributed by atoms with Crippen molar-refractivity contribution in [1.82, 2.24) is 14.9 Å². The molecule has 0 atom stereocenters. The average Bonchev–Trinajstić information content (AvgIpc) is 3.37. The number of fused-ring (bicyclic) bond motifs is 2. The third-order valence-electron chi connectivity index (χ3n) is 5.92. The number of aromatic nitrogens is 2. The zero-order chi connectivity index (χ0) is 24.0. The normalized spacial score (nSPS) is 16.1. The van der Waals surface area contributed by atoms with Crippen LogP contribution in [-0.4, -0.2) is 53.3 Å². The summed E-state index contributed by atoms with van der Waals surface area (Å²) in [5.41, 5.74) is 1.68. The van der Waals surface area contributed by atoms with Gasteiger partial charge in [-0.15, -0.1) is 0 Å². The summed E-state index contributed by atoms with van der Waals surface area (Å²) in [4.78, 5) is 43.7.